The number of hydrogen-bond donors (Lipinski definition) is 2. The molecule has 11 heavy (non-hydrogen) atoms. The molecular formula is C7H6BrN3. The minimum Gasteiger partial charge on any atom is -0.292 e. The zero-order valence-corrected chi connectivity index (χ0v) is 7.22. The van der Waals surface area contributed by atoms with Gasteiger partial charge >= 0.3 is 0 Å². The van der Waals surface area contributed by atoms with Crippen LogP contribution in [0.3, 0.4) is 0 Å². The highest BCUT2D eigenvalue weighted by Crippen LogP contribution is 2.12. The highest BCUT2D eigenvalue weighted by Gasteiger charge is 1.88. The number of rotatable bonds is 2. The molecule has 4 heteroatoms. The van der Waals surface area contributed by atoms with Gasteiger partial charge in [-0.1, -0.05) is 15.9 Å². The fourth-order valence-electron chi connectivity index (χ4n) is 0.633. The second-order valence-corrected chi connectivity index (χ2v) is 2.78. The summed E-state index contributed by atoms with van der Waals surface area (Å²) >= 11 is 3.30. The van der Waals surface area contributed by atoms with Gasteiger partial charge in [0.1, 0.15) is 0 Å². The van der Waals surface area contributed by atoms with E-state index in [0.717, 1.165) is 10.2 Å². The average molecular weight is 212 g/mol. The molecule has 0 amide bonds. The molecule has 1 aromatic carbocycles. The maximum atomic E-state index is 8.15. The summed E-state index contributed by atoms with van der Waals surface area (Å²) in [5, 5.41) is 8.15. The van der Waals surface area contributed by atoms with Gasteiger partial charge in [0.05, 0.1) is 5.69 Å². The van der Waals surface area contributed by atoms with E-state index in [1.54, 1.807) is 6.19 Å². The van der Waals surface area contributed by atoms with Crippen LogP contribution in [0.5, 0.6) is 0 Å². The van der Waals surface area contributed by atoms with E-state index >= 15 is 0 Å². The summed E-state index contributed by atoms with van der Waals surface area (Å²) in [6.07, 6.45) is 1.76. The van der Waals surface area contributed by atoms with Crippen LogP contribution < -0.4 is 10.9 Å². The maximum Gasteiger partial charge on any atom is 0.197 e. The van der Waals surface area contributed by atoms with Crippen LogP contribution in [0, 0.1) is 11.5 Å². The van der Waals surface area contributed by atoms with Crippen molar-refractivity contribution in [3.8, 4) is 6.19 Å². The van der Waals surface area contributed by atoms with Gasteiger partial charge < -0.3 is 0 Å². The predicted octanol–water partition coefficient (Wildman–Crippen LogP) is 1.85. The fourth-order valence-corrected chi connectivity index (χ4v) is 0.898. The van der Waals surface area contributed by atoms with Gasteiger partial charge in [-0.15, -0.1) is 0 Å². The average Bonchev–Trinajstić information content (AvgIpc) is 2.04. The fraction of sp³-hybridized carbons (Fsp3) is 0. The van der Waals surface area contributed by atoms with Crippen LogP contribution in [0.25, 0.3) is 0 Å². The highest BCUT2D eigenvalue weighted by molar-refractivity contribution is 9.10. The summed E-state index contributed by atoms with van der Waals surface area (Å²) in [7, 11) is 0. The third-order valence-corrected chi connectivity index (χ3v) is 1.64. The smallest absolute Gasteiger partial charge is 0.197 e. The minimum atomic E-state index is 0.856. The largest absolute Gasteiger partial charge is 0.292 e. The Bertz CT molecular complexity index is 262. The Morgan fingerprint density at radius 2 is 1.91 bits per heavy atom. The van der Waals surface area contributed by atoms with Gasteiger partial charge in [0.15, 0.2) is 6.19 Å². The first-order valence-electron chi connectivity index (χ1n) is 2.98. The molecule has 0 aromatic heterocycles. The van der Waals surface area contributed by atoms with Crippen LogP contribution in [0.2, 0.25) is 0 Å². The molecule has 0 aliphatic heterocycles. The number of nitrogens with one attached hydrogen (secondary N) is 2. The lowest BCUT2D eigenvalue weighted by molar-refractivity contribution is 1.07. The van der Waals surface area contributed by atoms with Gasteiger partial charge in [-0.2, -0.15) is 5.26 Å². The van der Waals surface area contributed by atoms with Crippen LogP contribution in [0.4, 0.5) is 5.69 Å². The number of benzene rings is 1. The van der Waals surface area contributed by atoms with Gasteiger partial charge in [0.25, 0.3) is 0 Å². The molecule has 0 spiro atoms. The standard InChI is InChI=1S/C7H6BrN3/c8-6-1-3-7(4-2-6)11-10-5-9/h1-4,10-11H. The molecule has 0 aliphatic carbocycles. The molecule has 0 atom stereocenters. The molecule has 1 aromatic rings. The van der Waals surface area contributed by atoms with Crippen molar-refractivity contribution in [1.82, 2.24) is 5.43 Å². The first kappa shape index (κ1) is 7.89. The second-order valence-electron chi connectivity index (χ2n) is 1.87. The van der Waals surface area contributed by atoms with E-state index in [9.17, 15) is 0 Å². The summed E-state index contributed by atoms with van der Waals surface area (Å²) in [6.45, 7) is 0. The molecule has 0 heterocycles. The van der Waals surface area contributed by atoms with E-state index in [1.165, 1.54) is 0 Å². The molecule has 0 bridgehead atoms. The van der Waals surface area contributed by atoms with Crippen LogP contribution >= 0.6 is 15.9 Å². The molecule has 0 unspecified atom stereocenters. The van der Waals surface area contributed by atoms with Crippen molar-refractivity contribution in [2.24, 2.45) is 0 Å². The Morgan fingerprint density at radius 3 is 2.45 bits per heavy atom. The molecule has 1 rings (SSSR count). The Morgan fingerprint density at radius 1 is 1.27 bits per heavy atom. The molecular weight excluding hydrogens is 206 g/mol. The quantitative estimate of drug-likeness (QED) is 0.446. The normalized spacial score (nSPS) is 8.36. The number of hydrazine groups is 1. The van der Waals surface area contributed by atoms with Crippen molar-refractivity contribution in [2.75, 3.05) is 5.43 Å². The molecule has 0 saturated carbocycles. The number of hydrogen-bond acceptors (Lipinski definition) is 3. The van der Waals surface area contributed by atoms with Crippen molar-refractivity contribution in [2.45, 2.75) is 0 Å². The molecule has 0 saturated heterocycles. The van der Waals surface area contributed by atoms with Crippen LogP contribution in [0.1, 0.15) is 0 Å². The summed E-state index contributed by atoms with van der Waals surface area (Å²) in [6, 6.07) is 7.49. The first-order chi connectivity index (χ1) is 5.33. The Labute approximate surface area is 73.1 Å². The van der Waals surface area contributed by atoms with Gasteiger partial charge in [-0.3, -0.25) is 5.43 Å². The SMILES string of the molecule is N#CNNc1ccc(Br)cc1. The third kappa shape index (κ3) is 2.48. The molecule has 0 aliphatic rings. The summed E-state index contributed by atoms with van der Waals surface area (Å²) in [5.41, 5.74) is 5.87. The van der Waals surface area contributed by atoms with Gasteiger partial charge in [0, 0.05) is 4.47 Å². The zero-order valence-electron chi connectivity index (χ0n) is 5.63. The highest BCUT2D eigenvalue weighted by atomic mass is 79.9. The van der Waals surface area contributed by atoms with Gasteiger partial charge in [-0.25, -0.2) is 5.43 Å². The van der Waals surface area contributed by atoms with Crippen molar-refractivity contribution in [1.29, 1.82) is 5.26 Å². The van der Waals surface area contributed by atoms with Crippen molar-refractivity contribution in [3.05, 3.63) is 28.7 Å². The molecule has 56 valence electrons. The number of nitrogens with zero attached hydrogens (tertiary/aromatic N) is 1. The van der Waals surface area contributed by atoms with E-state index in [-0.39, 0.29) is 0 Å². The van der Waals surface area contributed by atoms with Crippen LogP contribution in [-0.4, -0.2) is 0 Å². The Balaban J connectivity index is 2.60. The van der Waals surface area contributed by atoms with Crippen molar-refractivity contribution in [3.63, 3.8) is 0 Å². The summed E-state index contributed by atoms with van der Waals surface area (Å²) in [4.78, 5) is 0. The van der Waals surface area contributed by atoms with E-state index in [0.29, 0.717) is 0 Å². The predicted molar refractivity (Wildman–Crippen MR) is 46.5 cm³/mol. The van der Waals surface area contributed by atoms with E-state index in [2.05, 4.69) is 26.8 Å². The molecule has 3 nitrogen and oxygen atoms in total. The van der Waals surface area contributed by atoms with Gasteiger partial charge in [0.2, 0.25) is 0 Å². The van der Waals surface area contributed by atoms with Crippen molar-refractivity contribution >= 4 is 21.6 Å². The summed E-state index contributed by atoms with van der Waals surface area (Å²) < 4.78 is 1.01. The lowest BCUT2D eigenvalue weighted by Crippen LogP contribution is -2.13. The summed E-state index contributed by atoms with van der Waals surface area (Å²) in [5.74, 6) is 0. The third-order valence-electron chi connectivity index (χ3n) is 1.11. The molecule has 0 radical (unpaired) electrons. The van der Waals surface area contributed by atoms with Crippen LogP contribution in [0.15, 0.2) is 28.7 Å². The molecule has 2 N–H and O–H groups in total. The number of nitriles is 1. The lowest BCUT2D eigenvalue weighted by Gasteiger charge is -2.01. The van der Waals surface area contributed by atoms with Crippen molar-refractivity contribution < 1.29 is 0 Å². The Kier molecular flexibility index (Phi) is 2.75. The van der Waals surface area contributed by atoms with E-state index < -0.39 is 0 Å². The maximum absolute atomic E-state index is 8.15. The van der Waals surface area contributed by atoms with E-state index in [1.807, 2.05) is 24.3 Å². The monoisotopic (exact) mass is 211 g/mol. The Hall–Kier alpha value is -1.21. The molecule has 0 fully saturated rings. The second kappa shape index (κ2) is 3.84. The lowest BCUT2D eigenvalue weighted by atomic mass is 10.3. The van der Waals surface area contributed by atoms with Gasteiger partial charge in [-0.05, 0) is 24.3 Å². The van der Waals surface area contributed by atoms with E-state index in [4.69, 9.17) is 5.26 Å². The topological polar surface area (TPSA) is 47.9 Å². The minimum absolute atomic E-state index is 0.856. The number of halogens is 1. The van der Waals surface area contributed by atoms with Crippen LogP contribution in [-0.2, 0) is 0 Å². The number of anilines is 1. The zero-order chi connectivity index (χ0) is 8.10. The first-order valence-corrected chi connectivity index (χ1v) is 3.78.